The van der Waals surface area contributed by atoms with E-state index in [2.05, 4.69) is 15.2 Å². The van der Waals surface area contributed by atoms with E-state index in [0.29, 0.717) is 17.1 Å². The second kappa shape index (κ2) is 4.08. The molecular formula is C12H13N3O2. The fraction of sp³-hybridized carbons (Fsp3) is 0.333. The molecule has 1 aliphatic rings. The van der Waals surface area contributed by atoms with E-state index in [1.165, 1.54) is 6.92 Å². The Morgan fingerprint density at radius 1 is 1.47 bits per heavy atom. The summed E-state index contributed by atoms with van der Waals surface area (Å²) in [6.07, 6.45) is 0. The van der Waals surface area contributed by atoms with E-state index < -0.39 is 5.66 Å². The van der Waals surface area contributed by atoms with Crippen LogP contribution in [-0.4, -0.2) is 24.3 Å². The molecule has 0 saturated carbocycles. The molecule has 0 saturated heterocycles. The lowest BCUT2D eigenvalue weighted by Crippen LogP contribution is -2.23. The van der Waals surface area contributed by atoms with Gasteiger partial charge in [0.25, 0.3) is 5.66 Å². The van der Waals surface area contributed by atoms with Crippen molar-refractivity contribution in [1.29, 1.82) is 0 Å². The molecule has 0 aromatic heterocycles. The van der Waals surface area contributed by atoms with Gasteiger partial charge in [-0.2, -0.15) is 5.11 Å². The predicted octanol–water partition coefficient (Wildman–Crippen LogP) is 2.54. The molecule has 0 bridgehead atoms. The lowest BCUT2D eigenvalue weighted by atomic mass is 10.1. The first kappa shape index (κ1) is 11.4. The lowest BCUT2D eigenvalue weighted by molar-refractivity contribution is -0.118. The Hall–Kier alpha value is -2.04. The number of rotatable bonds is 4. The van der Waals surface area contributed by atoms with E-state index in [0.717, 1.165) is 0 Å². The van der Waals surface area contributed by atoms with Crippen LogP contribution in [0.1, 0.15) is 13.8 Å². The van der Waals surface area contributed by atoms with E-state index in [-0.39, 0.29) is 5.78 Å². The van der Waals surface area contributed by atoms with Gasteiger partial charge in [0.2, 0.25) is 0 Å². The van der Waals surface area contributed by atoms with E-state index in [1.807, 2.05) is 12.1 Å². The Balaban J connectivity index is 2.18. The first-order chi connectivity index (χ1) is 8.08. The quantitative estimate of drug-likeness (QED) is 0.747. The summed E-state index contributed by atoms with van der Waals surface area (Å²) in [5.74, 6) is 0.591. The molecule has 5 heteroatoms. The normalized spacial score (nSPS) is 22.4. The first-order valence-corrected chi connectivity index (χ1v) is 5.23. The van der Waals surface area contributed by atoms with Gasteiger partial charge in [0.15, 0.2) is 5.78 Å². The third-order valence-corrected chi connectivity index (χ3v) is 2.64. The highest BCUT2D eigenvalue weighted by molar-refractivity contribution is 6.21. The highest BCUT2D eigenvalue weighted by Gasteiger charge is 2.49. The first-order valence-electron chi connectivity index (χ1n) is 5.23. The summed E-state index contributed by atoms with van der Waals surface area (Å²) < 4.78 is 5.07. The molecule has 0 amide bonds. The molecule has 88 valence electrons. The van der Waals surface area contributed by atoms with Crippen LogP contribution in [0.2, 0.25) is 0 Å². The molecule has 1 unspecified atom stereocenters. The maximum absolute atomic E-state index is 11.4. The third-order valence-electron chi connectivity index (χ3n) is 2.64. The third kappa shape index (κ3) is 2.08. The van der Waals surface area contributed by atoms with Crippen molar-refractivity contribution in [3.63, 3.8) is 0 Å². The zero-order chi connectivity index (χ0) is 12.5. The monoisotopic (exact) mass is 231 g/mol. The van der Waals surface area contributed by atoms with Crippen LogP contribution in [0, 0.1) is 0 Å². The van der Waals surface area contributed by atoms with Crippen LogP contribution in [0.25, 0.3) is 0 Å². The van der Waals surface area contributed by atoms with E-state index in [4.69, 9.17) is 4.74 Å². The average Bonchev–Trinajstić information content (AvgIpc) is 2.99. The van der Waals surface area contributed by atoms with Crippen LogP contribution in [0.3, 0.4) is 0 Å². The molecule has 1 atom stereocenters. The molecule has 0 radical (unpaired) electrons. The van der Waals surface area contributed by atoms with Crippen LogP contribution in [-0.2, 0) is 4.79 Å². The molecule has 1 aromatic carbocycles. The van der Waals surface area contributed by atoms with E-state index in [1.54, 1.807) is 26.2 Å². The van der Waals surface area contributed by atoms with Crippen molar-refractivity contribution in [2.45, 2.75) is 19.5 Å². The molecule has 0 spiro atoms. The Morgan fingerprint density at radius 2 is 2.18 bits per heavy atom. The number of methoxy groups -OCH3 is 1. The summed E-state index contributed by atoms with van der Waals surface area (Å²) in [4.78, 5) is 15.4. The summed E-state index contributed by atoms with van der Waals surface area (Å²) in [6, 6.07) is 7.17. The van der Waals surface area contributed by atoms with Crippen molar-refractivity contribution in [2.75, 3.05) is 7.11 Å². The van der Waals surface area contributed by atoms with E-state index in [9.17, 15) is 4.79 Å². The fourth-order valence-electron chi connectivity index (χ4n) is 1.52. The molecule has 5 nitrogen and oxygen atoms in total. The molecule has 17 heavy (non-hydrogen) atoms. The predicted molar refractivity (Wildman–Crippen MR) is 64.0 cm³/mol. The molecule has 1 aliphatic heterocycles. The standard InChI is InChI=1S/C12H13N3O2/c1-8-12(13-8,9(2)16)15-14-10-5-4-6-11(7-10)17-3/h4-7H,1-3H3. The molecule has 1 aromatic rings. The lowest BCUT2D eigenvalue weighted by Gasteiger charge is -2.03. The number of benzene rings is 1. The number of ketones is 1. The average molecular weight is 231 g/mol. The van der Waals surface area contributed by atoms with Crippen molar-refractivity contribution in [2.24, 2.45) is 15.2 Å². The zero-order valence-electron chi connectivity index (χ0n) is 9.97. The summed E-state index contributed by atoms with van der Waals surface area (Å²) in [7, 11) is 1.58. The maximum Gasteiger partial charge on any atom is 0.266 e. The van der Waals surface area contributed by atoms with Crippen LogP contribution in [0.15, 0.2) is 39.5 Å². The summed E-state index contributed by atoms with van der Waals surface area (Å²) in [5.41, 5.74) is 0.319. The Morgan fingerprint density at radius 3 is 2.71 bits per heavy atom. The SMILES string of the molecule is COc1cccc(N=NC2(C(C)=O)N=C2C)c1. The van der Waals surface area contributed by atoms with Crippen molar-refractivity contribution < 1.29 is 9.53 Å². The van der Waals surface area contributed by atoms with Crippen molar-refractivity contribution in [3.8, 4) is 5.75 Å². The minimum atomic E-state index is -1.02. The maximum atomic E-state index is 11.4. The minimum absolute atomic E-state index is 0.110. The van der Waals surface area contributed by atoms with Crippen LogP contribution in [0.5, 0.6) is 5.75 Å². The Bertz CT molecular complexity index is 522. The summed E-state index contributed by atoms with van der Waals surface area (Å²) >= 11 is 0. The van der Waals surface area contributed by atoms with Gasteiger partial charge in [-0.05, 0) is 26.0 Å². The number of ether oxygens (including phenoxy) is 1. The van der Waals surface area contributed by atoms with Crippen LogP contribution in [0.4, 0.5) is 5.69 Å². The molecule has 0 aliphatic carbocycles. The van der Waals surface area contributed by atoms with Crippen LogP contribution < -0.4 is 4.74 Å². The number of carbonyl (C=O) groups excluding carboxylic acids is 1. The second-order valence-electron chi connectivity index (χ2n) is 3.83. The van der Waals surface area contributed by atoms with Gasteiger partial charge in [0, 0.05) is 6.07 Å². The highest BCUT2D eigenvalue weighted by atomic mass is 16.5. The van der Waals surface area contributed by atoms with Gasteiger partial charge >= 0.3 is 0 Å². The number of hydrogen-bond acceptors (Lipinski definition) is 5. The van der Waals surface area contributed by atoms with Gasteiger partial charge in [-0.3, -0.25) is 4.79 Å². The topological polar surface area (TPSA) is 63.4 Å². The van der Waals surface area contributed by atoms with E-state index >= 15 is 0 Å². The van der Waals surface area contributed by atoms with Crippen LogP contribution >= 0.6 is 0 Å². The Labute approximate surface area is 99.2 Å². The second-order valence-corrected chi connectivity index (χ2v) is 3.83. The number of Topliss-reactive ketones (excluding diaryl/α,β-unsaturated/α-hetero) is 1. The van der Waals surface area contributed by atoms with Crippen molar-refractivity contribution >= 4 is 17.2 Å². The number of azo groups is 1. The zero-order valence-corrected chi connectivity index (χ0v) is 9.97. The molecule has 0 fully saturated rings. The van der Waals surface area contributed by atoms with Gasteiger partial charge in [0.1, 0.15) is 5.75 Å². The smallest absolute Gasteiger partial charge is 0.266 e. The van der Waals surface area contributed by atoms with Gasteiger partial charge in [-0.25, -0.2) is 4.99 Å². The van der Waals surface area contributed by atoms with Crippen molar-refractivity contribution in [1.82, 2.24) is 0 Å². The largest absolute Gasteiger partial charge is 0.497 e. The van der Waals surface area contributed by atoms with Gasteiger partial charge in [-0.15, -0.1) is 5.11 Å². The highest BCUT2D eigenvalue weighted by Crippen LogP contribution is 2.32. The molecule has 1 heterocycles. The molecule has 0 N–H and O–H groups in total. The van der Waals surface area contributed by atoms with Gasteiger partial charge in [-0.1, -0.05) is 6.07 Å². The molecule has 2 rings (SSSR count). The number of hydrogen-bond donors (Lipinski definition) is 0. The Kier molecular flexibility index (Phi) is 2.75. The number of nitrogens with zero attached hydrogens (tertiary/aromatic N) is 3. The summed E-state index contributed by atoms with van der Waals surface area (Å²) in [5, 5.41) is 8.04. The summed E-state index contributed by atoms with van der Waals surface area (Å²) in [6.45, 7) is 3.23. The molecular weight excluding hydrogens is 218 g/mol. The van der Waals surface area contributed by atoms with Gasteiger partial charge < -0.3 is 4.74 Å². The fourth-order valence-corrected chi connectivity index (χ4v) is 1.52. The minimum Gasteiger partial charge on any atom is -0.497 e. The van der Waals surface area contributed by atoms with Gasteiger partial charge in [0.05, 0.1) is 18.5 Å². The number of aliphatic imine (C=N–C) groups is 1. The van der Waals surface area contributed by atoms with Crippen molar-refractivity contribution in [3.05, 3.63) is 24.3 Å². The number of carbonyl (C=O) groups is 1.